The van der Waals surface area contributed by atoms with E-state index in [4.69, 9.17) is 4.74 Å². The lowest BCUT2D eigenvalue weighted by Crippen LogP contribution is -2.53. The van der Waals surface area contributed by atoms with Crippen molar-refractivity contribution in [2.24, 2.45) is 0 Å². The zero-order chi connectivity index (χ0) is 9.31. The molecule has 0 amide bonds. The highest BCUT2D eigenvalue weighted by Crippen LogP contribution is 2.42. The van der Waals surface area contributed by atoms with E-state index < -0.39 is 0 Å². The van der Waals surface area contributed by atoms with Gasteiger partial charge in [0.1, 0.15) is 0 Å². The zero-order valence-corrected chi connectivity index (χ0v) is 8.75. The molecule has 3 heteroatoms. The molecule has 3 nitrogen and oxygen atoms in total. The first kappa shape index (κ1) is 9.44. The van der Waals surface area contributed by atoms with E-state index >= 15 is 0 Å². The van der Waals surface area contributed by atoms with Gasteiger partial charge in [-0.3, -0.25) is 9.80 Å². The highest BCUT2D eigenvalue weighted by molar-refractivity contribution is 5.07. The molecule has 0 radical (unpaired) electrons. The molecular weight excluding hydrogens is 164 g/mol. The second-order valence-corrected chi connectivity index (χ2v) is 4.41. The second-order valence-electron chi connectivity index (χ2n) is 4.41. The van der Waals surface area contributed by atoms with Crippen molar-refractivity contribution in [1.29, 1.82) is 0 Å². The molecule has 0 unspecified atom stereocenters. The van der Waals surface area contributed by atoms with Crippen LogP contribution in [-0.4, -0.2) is 62.3 Å². The third kappa shape index (κ3) is 1.87. The quantitative estimate of drug-likeness (QED) is 0.632. The summed E-state index contributed by atoms with van der Waals surface area (Å²) < 4.78 is 5.10. The first-order valence-corrected chi connectivity index (χ1v) is 5.19. The van der Waals surface area contributed by atoms with Crippen LogP contribution >= 0.6 is 0 Å². The molecule has 2 fully saturated rings. The molecule has 0 N–H and O–H groups in total. The number of methoxy groups -OCH3 is 1. The maximum atomic E-state index is 5.10. The Bertz CT molecular complexity index is 178. The summed E-state index contributed by atoms with van der Waals surface area (Å²) in [6.07, 6.45) is 2.79. The van der Waals surface area contributed by atoms with Crippen molar-refractivity contribution in [3.8, 4) is 0 Å². The Morgan fingerprint density at radius 3 is 2.69 bits per heavy atom. The van der Waals surface area contributed by atoms with E-state index in [0.717, 1.165) is 13.2 Å². The summed E-state index contributed by atoms with van der Waals surface area (Å²) >= 11 is 0. The lowest BCUT2D eigenvalue weighted by Gasteiger charge is -2.40. The summed E-state index contributed by atoms with van der Waals surface area (Å²) in [4.78, 5) is 5.08. The van der Waals surface area contributed by atoms with Crippen LogP contribution in [0.2, 0.25) is 0 Å². The number of rotatable bonds is 3. The van der Waals surface area contributed by atoms with Gasteiger partial charge in [-0.15, -0.1) is 0 Å². The Labute approximate surface area is 80.6 Å². The van der Waals surface area contributed by atoms with Crippen LogP contribution in [0.5, 0.6) is 0 Å². The Morgan fingerprint density at radius 2 is 2.08 bits per heavy atom. The van der Waals surface area contributed by atoms with Gasteiger partial charge < -0.3 is 4.74 Å². The fourth-order valence-electron chi connectivity index (χ4n) is 2.24. The average molecular weight is 184 g/mol. The third-order valence-electron chi connectivity index (χ3n) is 3.52. The predicted molar refractivity (Wildman–Crippen MR) is 52.9 cm³/mol. The Hall–Kier alpha value is -0.120. The maximum Gasteiger partial charge on any atom is 0.0589 e. The molecular formula is C10H20N2O. The van der Waals surface area contributed by atoms with E-state index in [2.05, 4.69) is 16.8 Å². The molecule has 1 heterocycles. The normalized spacial score (nSPS) is 28.2. The van der Waals surface area contributed by atoms with Gasteiger partial charge in [-0.2, -0.15) is 0 Å². The van der Waals surface area contributed by atoms with Gasteiger partial charge >= 0.3 is 0 Å². The number of likely N-dealkylation sites (N-methyl/N-ethyl adjacent to an activating group) is 1. The highest BCUT2D eigenvalue weighted by Gasteiger charge is 2.49. The van der Waals surface area contributed by atoms with Crippen molar-refractivity contribution < 1.29 is 4.74 Å². The Balaban J connectivity index is 1.82. The van der Waals surface area contributed by atoms with Crippen molar-refractivity contribution in [2.75, 3.05) is 46.9 Å². The molecule has 13 heavy (non-hydrogen) atoms. The molecule has 0 bridgehead atoms. The second kappa shape index (κ2) is 3.56. The summed E-state index contributed by atoms with van der Waals surface area (Å²) in [6, 6.07) is 0. The summed E-state index contributed by atoms with van der Waals surface area (Å²) in [5.74, 6) is 0. The van der Waals surface area contributed by atoms with Crippen molar-refractivity contribution >= 4 is 0 Å². The minimum atomic E-state index is 0.561. The van der Waals surface area contributed by atoms with E-state index in [1.165, 1.54) is 32.5 Å². The van der Waals surface area contributed by atoms with Crippen LogP contribution in [0.25, 0.3) is 0 Å². The van der Waals surface area contributed by atoms with E-state index in [1.54, 1.807) is 7.11 Å². The highest BCUT2D eigenvalue weighted by atomic mass is 16.5. The average Bonchev–Trinajstić information content (AvgIpc) is 2.89. The topological polar surface area (TPSA) is 15.7 Å². The molecule has 1 saturated carbocycles. The van der Waals surface area contributed by atoms with Crippen LogP contribution in [0.1, 0.15) is 12.8 Å². The van der Waals surface area contributed by atoms with Crippen LogP contribution < -0.4 is 0 Å². The molecule has 76 valence electrons. The monoisotopic (exact) mass is 184 g/mol. The first-order valence-electron chi connectivity index (χ1n) is 5.19. The van der Waals surface area contributed by atoms with Crippen molar-refractivity contribution in [2.45, 2.75) is 18.4 Å². The van der Waals surface area contributed by atoms with E-state index in [0.29, 0.717) is 5.54 Å². The van der Waals surface area contributed by atoms with Crippen LogP contribution in [0.15, 0.2) is 0 Å². The first-order chi connectivity index (χ1) is 6.27. The molecule has 2 aliphatic rings. The van der Waals surface area contributed by atoms with Gasteiger partial charge in [0.15, 0.2) is 0 Å². The summed E-state index contributed by atoms with van der Waals surface area (Å²) in [5.41, 5.74) is 0.561. The van der Waals surface area contributed by atoms with Crippen LogP contribution in [0.3, 0.4) is 0 Å². The van der Waals surface area contributed by atoms with Gasteiger partial charge in [-0.05, 0) is 19.9 Å². The standard InChI is InChI=1S/C10H20N2O/c1-11-5-6-12(7-8-13-2)9-10(11)3-4-10/h3-9H2,1-2H3. The number of ether oxygens (including phenoxy) is 1. The lowest BCUT2D eigenvalue weighted by molar-refractivity contribution is 0.0599. The molecule has 1 aliphatic carbocycles. The summed E-state index contributed by atoms with van der Waals surface area (Å²) in [7, 11) is 4.05. The van der Waals surface area contributed by atoms with Crippen LogP contribution in [-0.2, 0) is 4.74 Å². The van der Waals surface area contributed by atoms with Crippen molar-refractivity contribution in [3.63, 3.8) is 0 Å². The minimum absolute atomic E-state index is 0.561. The largest absolute Gasteiger partial charge is 0.383 e. The summed E-state index contributed by atoms with van der Waals surface area (Å²) in [5, 5.41) is 0. The number of hydrogen-bond donors (Lipinski definition) is 0. The maximum absolute atomic E-state index is 5.10. The Morgan fingerprint density at radius 1 is 1.31 bits per heavy atom. The fourth-order valence-corrected chi connectivity index (χ4v) is 2.24. The predicted octanol–water partition coefficient (Wildman–Crippen LogP) is 0.413. The molecule has 1 saturated heterocycles. The van der Waals surface area contributed by atoms with Gasteiger partial charge in [0.05, 0.1) is 6.61 Å². The molecule has 2 rings (SSSR count). The van der Waals surface area contributed by atoms with Crippen LogP contribution in [0, 0.1) is 0 Å². The van der Waals surface area contributed by atoms with Gasteiger partial charge in [-0.25, -0.2) is 0 Å². The van der Waals surface area contributed by atoms with Crippen LogP contribution in [0.4, 0.5) is 0 Å². The SMILES string of the molecule is COCCN1CCN(C)C2(CC2)C1. The van der Waals surface area contributed by atoms with Gasteiger partial charge in [0, 0.05) is 38.8 Å². The molecule has 0 aromatic rings. The smallest absolute Gasteiger partial charge is 0.0589 e. The molecule has 1 aliphatic heterocycles. The molecule has 1 spiro atoms. The van der Waals surface area contributed by atoms with Crippen molar-refractivity contribution in [3.05, 3.63) is 0 Å². The molecule has 0 aromatic carbocycles. The molecule has 0 atom stereocenters. The number of nitrogens with zero attached hydrogens (tertiary/aromatic N) is 2. The van der Waals surface area contributed by atoms with Crippen molar-refractivity contribution in [1.82, 2.24) is 9.80 Å². The molecule has 0 aromatic heterocycles. The number of piperazine rings is 1. The number of hydrogen-bond acceptors (Lipinski definition) is 3. The summed E-state index contributed by atoms with van der Waals surface area (Å²) in [6.45, 7) is 5.67. The lowest BCUT2D eigenvalue weighted by atomic mass is 10.1. The van der Waals surface area contributed by atoms with E-state index in [9.17, 15) is 0 Å². The minimum Gasteiger partial charge on any atom is -0.383 e. The fraction of sp³-hybridized carbons (Fsp3) is 1.00. The van der Waals surface area contributed by atoms with E-state index in [-0.39, 0.29) is 0 Å². The van der Waals surface area contributed by atoms with Gasteiger partial charge in [0.2, 0.25) is 0 Å². The Kier molecular flexibility index (Phi) is 2.58. The zero-order valence-electron chi connectivity index (χ0n) is 8.75. The van der Waals surface area contributed by atoms with Gasteiger partial charge in [-0.1, -0.05) is 0 Å². The van der Waals surface area contributed by atoms with E-state index in [1.807, 2.05) is 0 Å². The third-order valence-corrected chi connectivity index (χ3v) is 3.52. The van der Waals surface area contributed by atoms with Gasteiger partial charge in [0.25, 0.3) is 0 Å².